The van der Waals surface area contributed by atoms with Crippen LogP contribution in [0.2, 0.25) is 5.02 Å². The minimum absolute atomic E-state index is 0.0281. The fourth-order valence-corrected chi connectivity index (χ4v) is 2.53. The first kappa shape index (κ1) is 17.0. The first-order valence-corrected chi connectivity index (χ1v) is 7.55. The van der Waals surface area contributed by atoms with E-state index >= 15 is 0 Å². The van der Waals surface area contributed by atoms with Crippen LogP contribution in [-0.4, -0.2) is 24.0 Å². The maximum absolute atomic E-state index is 12.2. The topological polar surface area (TPSA) is 66.5 Å². The number of ketones is 2. The molecule has 0 aliphatic heterocycles. The number of hydrogen-bond donors (Lipinski definition) is 1. The van der Waals surface area contributed by atoms with Crippen LogP contribution in [0.1, 0.15) is 20.8 Å². The first-order chi connectivity index (χ1) is 10.8. The van der Waals surface area contributed by atoms with Crippen molar-refractivity contribution < 1.29 is 14.4 Å². The lowest BCUT2D eigenvalue weighted by Gasteiger charge is -2.25. The Hall–Kier alpha value is -2.40. The molecular formula is C17H17ClN2O3. The minimum atomic E-state index is -0.385. The van der Waals surface area contributed by atoms with Gasteiger partial charge in [0.15, 0.2) is 5.78 Å². The number of anilines is 2. The lowest BCUT2D eigenvalue weighted by Crippen LogP contribution is -2.33. The molecule has 0 fully saturated rings. The zero-order chi connectivity index (χ0) is 17.1. The molecule has 5 nitrogen and oxygen atoms in total. The molecule has 1 amide bonds. The van der Waals surface area contributed by atoms with Gasteiger partial charge in [0.05, 0.1) is 16.4 Å². The van der Waals surface area contributed by atoms with E-state index in [2.05, 4.69) is 5.32 Å². The number of amides is 1. The van der Waals surface area contributed by atoms with E-state index in [1.807, 2.05) is 6.92 Å². The molecule has 1 N–H and O–H groups in total. The van der Waals surface area contributed by atoms with E-state index in [4.69, 9.17) is 11.6 Å². The van der Waals surface area contributed by atoms with Crippen molar-refractivity contribution in [3.8, 4) is 0 Å². The smallest absolute Gasteiger partial charge is 0.228 e. The Morgan fingerprint density at radius 2 is 1.91 bits per heavy atom. The number of nitrogens with zero attached hydrogens (tertiary/aromatic N) is 1. The summed E-state index contributed by atoms with van der Waals surface area (Å²) < 4.78 is 0. The van der Waals surface area contributed by atoms with Gasteiger partial charge < -0.3 is 5.32 Å². The molecule has 0 aromatic heterocycles. The molecule has 0 radical (unpaired) electrons. The van der Waals surface area contributed by atoms with Gasteiger partial charge in [-0.3, -0.25) is 19.3 Å². The summed E-state index contributed by atoms with van der Waals surface area (Å²) in [6, 6.07) is 4.99. The Kier molecular flexibility index (Phi) is 5.01. The van der Waals surface area contributed by atoms with Crippen LogP contribution >= 0.6 is 11.6 Å². The highest BCUT2D eigenvalue weighted by molar-refractivity contribution is 6.33. The molecule has 0 bridgehead atoms. The van der Waals surface area contributed by atoms with Crippen LogP contribution in [0.3, 0.4) is 0 Å². The highest BCUT2D eigenvalue weighted by Gasteiger charge is 2.26. The molecule has 23 heavy (non-hydrogen) atoms. The van der Waals surface area contributed by atoms with Crippen molar-refractivity contribution in [1.29, 1.82) is 0 Å². The van der Waals surface area contributed by atoms with Crippen molar-refractivity contribution in [2.75, 3.05) is 16.8 Å². The van der Waals surface area contributed by atoms with Crippen molar-refractivity contribution >= 4 is 40.4 Å². The van der Waals surface area contributed by atoms with Gasteiger partial charge in [0.1, 0.15) is 5.70 Å². The third-order valence-electron chi connectivity index (χ3n) is 3.39. The van der Waals surface area contributed by atoms with Gasteiger partial charge in [-0.15, -0.1) is 0 Å². The number of carbonyl (C=O) groups excluding carboxylic acids is 3. The number of hydrogen-bond acceptors (Lipinski definition) is 4. The van der Waals surface area contributed by atoms with Crippen LogP contribution in [-0.2, 0) is 14.4 Å². The van der Waals surface area contributed by atoms with Gasteiger partial charge in [0, 0.05) is 25.1 Å². The van der Waals surface area contributed by atoms with E-state index in [0.29, 0.717) is 22.8 Å². The lowest BCUT2D eigenvalue weighted by molar-refractivity contribution is -0.118. The summed E-state index contributed by atoms with van der Waals surface area (Å²) >= 11 is 6.20. The molecule has 0 unspecified atom stereocenters. The molecule has 0 spiro atoms. The molecule has 2 rings (SSSR count). The van der Waals surface area contributed by atoms with Crippen molar-refractivity contribution in [2.24, 2.45) is 0 Å². The van der Waals surface area contributed by atoms with Crippen LogP contribution in [0.5, 0.6) is 0 Å². The van der Waals surface area contributed by atoms with Crippen LogP contribution in [0, 0.1) is 0 Å². The highest BCUT2D eigenvalue weighted by Crippen LogP contribution is 2.30. The predicted octanol–water partition coefficient (Wildman–Crippen LogP) is 3.11. The molecule has 1 aromatic carbocycles. The average molecular weight is 333 g/mol. The van der Waals surface area contributed by atoms with Gasteiger partial charge >= 0.3 is 0 Å². The quantitative estimate of drug-likeness (QED) is 0.860. The van der Waals surface area contributed by atoms with Crippen molar-refractivity contribution in [3.05, 3.63) is 46.6 Å². The predicted molar refractivity (Wildman–Crippen MR) is 90.6 cm³/mol. The van der Waals surface area contributed by atoms with E-state index in [1.54, 1.807) is 25.1 Å². The second-order valence-electron chi connectivity index (χ2n) is 5.13. The molecular weight excluding hydrogens is 316 g/mol. The second-order valence-corrected chi connectivity index (χ2v) is 5.54. The van der Waals surface area contributed by atoms with Gasteiger partial charge in [-0.05, 0) is 38.1 Å². The van der Waals surface area contributed by atoms with Gasteiger partial charge in [0.2, 0.25) is 11.7 Å². The molecule has 0 saturated heterocycles. The highest BCUT2D eigenvalue weighted by atomic mass is 35.5. The van der Waals surface area contributed by atoms with E-state index in [1.165, 1.54) is 24.0 Å². The van der Waals surface area contributed by atoms with Gasteiger partial charge in [-0.25, -0.2) is 0 Å². The van der Waals surface area contributed by atoms with E-state index in [0.717, 1.165) is 5.69 Å². The van der Waals surface area contributed by atoms with E-state index in [-0.39, 0.29) is 23.2 Å². The number of rotatable bonds is 4. The molecule has 0 saturated carbocycles. The first-order valence-electron chi connectivity index (χ1n) is 7.18. The summed E-state index contributed by atoms with van der Waals surface area (Å²) in [7, 11) is 0. The number of carbonyl (C=O) groups is 3. The normalized spacial score (nSPS) is 14.3. The molecule has 1 aliphatic rings. The van der Waals surface area contributed by atoms with Crippen molar-refractivity contribution in [1.82, 2.24) is 0 Å². The summed E-state index contributed by atoms with van der Waals surface area (Å²) in [5, 5.41) is 3.52. The molecule has 120 valence electrons. The lowest BCUT2D eigenvalue weighted by atomic mass is 10.0. The van der Waals surface area contributed by atoms with E-state index in [9.17, 15) is 14.4 Å². The zero-order valence-corrected chi connectivity index (χ0v) is 13.9. The summed E-state index contributed by atoms with van der Waals surface area (Å²) in [6.07, 6.45) is 2.42. The Bertz CT molecular complexity index is 750. The standard InChI is InChI=1S/C17H17ClN2O3/c1-4-19-14-6-5-12(8-13(14)18)20(11(3)21)15-9-16(22)10(2)7-17(15)23/h5-9,19H,4H2,1-3H3. The van der Waals surface area contributed by atoms with Gasteiger partial charge in [-0.2, -0.15) is 0 Å². The van der Waals surface area contributed by atoms with Gasteiger partial charge in [0.25, 0.3) is 0 Å². The fourth-order valence-electron chi connectivity index (χ4n) is 2.29. The Labute approximate surface area is 139 Å². The SMILES string of the molecule is CCNc1ccc(N(C(C)=O)C2=CC(=O)C(C)=CC2=O)cc1Cl. The molecule has 1 aliphatic carbocycles. The monoisotopic (exact) mass is 332 g/mol. The van der Waals surface area contributed by atoms with Crippen LogP contribution < -0.4 is 10.2 Å². The summed E-state index contributed by atoms with van der Waals surface area (Å²) in [6.45, 7) is 5.54. The minimum Gasteiger partial charge on any atom is -0.384 e. The second kappa shape index (κ2) is 6.79. The third-order valence-corrected chi connectivity index (χ3v) is 3.70. The molecule has 0 heterocycles. The van der Waals surface area contributed by atoms with Crippen LogP contribution in [0.4, 0.5) is 11.4 Å². The maximum Gasteiger partial charge on any atom is 0.228 e. The summed E-state index contributed by atoms with van der Waals surface area (Å²) in [5.74, 6) is -1.05. The maximum atomic E-state index is 12.2. The van der Waals surface area contributed by atoms with Crippen molar-refractivity contribution in [3.63, 3.8) is 0 Å². The van der Waals surface area contributed by atoms with E-state index < -0.39 is 0 Å². The Balaban J connectivity index is 2.46. The largest absolute Gasteiger partial charge is 0.384 e. The summed E-state index contributed by atoms with van der Waals surface area (Å²) in [4.78, 5) is 37.3. The average Bonchev–Trinajstić information content (AvgIpc) is 2.47. The van der Waals surface area contributed by atoms with Crippen LogP contribution in [0.15, 0.2) is 41.6 Å². The number of benzene rings is 1. The molecule has 6 heteroatoms. The number of halogens is 1. The zero-order valence-electron chi connectivity index (χ0n) is 13.1. The number of nitrogens with one attached hydrogen (secondary N) is 1. The van der Waals surface area contributed by atoms with Crippen molar-refractivity contribution in [2.45, 2.75) is 20.8 Å². The molecule has 0 atom stereocenters. The third kappa shape index (κ3) is 3.51. The Morgan fingerprint density at radius 3 is 2.48 bits per heavy atom. The fraction of sp³-hybridized carbons (Fsp3) is 0.235. The van der Waals surface area contributed by atoms with Crippen LogP contribution in [0.25, 0.3) is 0 Å². The number of allylic oxidation sites excluding steroid dienone is 3. The van der Waals surface area contributed by atoms with Gasteiger partial charge in [-0.1, -0.05) is 11.6 Å². The molecule has 1 aromatic rings. The Morgan fingerprint density at radius 1 is 1.22 bits per heavy atom. The summed E-state index contributed by atoms with van der Waals surface area (Å²) in [5.41, 5.74) is 1.55.